The van der Waals surface area contributed by atoms with Crippen molar-refractivity contribution in [2.45, 2.75) is 60.1 Å². The van der Waals surface area contributed by atoms with Gasteiger partial charge in [-0.05, 0) is 48.9 Å². The maximum atomic E-state index is 5.82. The topological polar surface area (TPSA) is 21.3 Å². The van der Waals surface area contributed by atoms with Crippen molar-refractivity contribution in [3.63, 3.8) is 0 Å². The Morgan fingerprint density at radius 2 is 1.70 bits per heavy atom. The van der Waals surface area contributed by atoms with Crippen LogP contribution in [-0.4, -0.2) is 25.8 Å². The normalized spacial score (nSPS) is 15.2. The van der Waals surface area contributed by atoms with Gasteiger partial charge in [-0.2, -0.15) is 0 Å². The lowest BCUT2D eigenvalue weighted by molar-refractivity contribution is -0.0107. The quantitative estimate of drug-likeness (QED) is 0.852. The molecule has 0 aliphatic rings. The van der Waals surface area contributed by atoms with E-state index >= 15 is 0 Å². The van der Waals surface area contributed by atoms with E-state index in [2.05, 4.69) is 65.1 Å². The maximum absolute atomic E-state index is 5.82. The number of methoxy groups -OCH3 is 1. The van der Waals surface area contributed by atoms with Gasteiger partial charge in [0.25, 0.3) is 0 Å². The van der Waals surface area contributed by atoms with Crippen molar-refractivity contribution in [1.82, 2.24) is 5.32 Å². The predicted molar refractivity (Wildman–Crippen MR) is 87.3 cm³/mol. The minimum atomic E-state index is 0.123. The largest absolute Gasteiger partial charge is 0.379 e. The van der Waals surface area contributed by atoms with Gasteiger partial charge in [0, 0.05) is 13.2 Å². The van der Waals surface area contributed by atoms with Crippen LogP contribution in [0.4, 0.5) is 0 Å². The summed E-state index contributed by atoms with van der Waals surface area (Å²) in [6.07, 6.45) is 1.21. The summed E-state index contributed by atoms with van der Waals surface area (Å²) in [4.78, 5) is 0. The summed E-state index contributed by atoms with van der Waals surface area (Å²) in [5.41, 5.74) is 4.32. The van der Waals surface area contributed by atoms with Gasteiger partial charge in [-0.15, -0.1) is 0 Å². The molecule has 0 spiro atoms. The third-order valence-corrected chi connectivity index (χ3v) is 4.01. The Morgan fingerprint density at radius 3 is 2.10 bits per heavy atom. The highest BCUT2D eigenvalue weighted by atomic mass is 16.5. The van der Waals surface area contributed by atoms with Crippen LogP contribution in [0, 0.1) is 19.3 Å². The zero-order valence-corrected chi connectivity index (χ0v) is 14.2. The fourth-order valence-corrected chi connectivity index (χ4v) is 3.06. The van der Waals surface area contributed by atoms with Crippen LogP contribution in [0.2, 0.25) is 0 Å². The van der Waals surface area contributed by atoms with Crippen LogP contribution in [0.3, 0.4) is 0 Å². The molecular formula is C18H31NO. The first-order chi connectivity index (χ1) is 9.31. The summed E-state index contributed by atoms with van der Waals surface area (Å²) in [7, 11) is 1.82. The molecule has 1 aromatic rings. The van der Waals surface area contributed by atoms with Crippen molar-refractivity contribution in [2.24, 2.45) is 5.41 Å². The Morgan fingerprint density at radius 1 is 1.15 bits per heavy atom. The molecule has 1 N–H and O–H groups in total. The van der Waals surface area contributed by atoms with Gasteiger partial charge in [-0.3, -0.25) is 0 Å². The van der Waals surface area contributed by atoms with E-state index in [0.717, 1.165) is 13.0 Å². The molecule has 1 aromatic carbocycles. The van der Waals surface area contributed by atoms with Crippen molar-refractivity contribution in [3.05, 3.63) is 34.9 Å². The van der Waals surface area contributed by atoms with Crippen LogP contribution in [0.5, 0.6) is 0 Å². The smallest absolute Gasteiger partial charge is 0.0775 e. The first-order valence-electron chi connectivity index (χ1n) is 7.62. The number of hydrogen-bond acceptors (Lipinski definition) is 2. The highest BCUT2D eigenvalue weighted by molar-refractivity contribution is 5.34. The Kier molecular flexibility index (Phi) is 6.22. The third kappa shape index (κ3) is 4.32. The molecule has 2 unspecified atom stereocenters. The first-order valence-corrected chi connectivity index (χ1v) is 7.62. The van der Waals surface area contributed by atoms with Gasteiger partial charge < -0.3 is 10.1 Å². The van der Waals surface area contributed by atoms with Crippen LogP contribution < -0.4 is 5.32 Å². The summed E-state index contributed by atoms with van der Waals surface area (Å²) < 4.78 is 5.82. The minimum Gasteiger partial charge on any atom is -0.379 e. The Labute approximate surface area is 124 Å². The zero-order chi connectivity index (χ0) is 15.3. The summed E-state index contributed by atoms with van der Waals surface area (Å²) >= 11 is 0. The monoisotopic (exact) mass is 277 g/mol. The van der Waals surface area contributed by atoms with Crippen molar-refractivity contribution >= 4 is 0 Å². The molecule has 0 amide bonds. The maximum Gasteiger partial charge on any atom is 0.0775 e. The van der Waals surface area contributed by atoms with Crippen LogP contribution in [0.1, 0.15) is 44.4 Å². The number of benzene rings is 1. The predicted octanol–water partition coefficient (Wildman–Crippen LogP) is 3.89. The average Bonchev–Trinajstić information content (AvgIpc) is 2.33. The summed E-state index contributed by atoms with van der Waals surface area (Å²) in [6.45, 7) is 14.3. The molecule has 20 heavy (non-hydrogen) atoms. The number of likely N-dealkylation sites (N-methyl/N-ethyl adjacent to an activating group) is 1. The van der Waals surface area contributed by atoms with Crippen molar-refractivity contribution in [2.75, 3.05) is 13.7 Å². The fraction of sp³-hybridized carbons (Fsp3) is 0.667. The highest BCUT2D eigenvalue weighted by Gasteiger charge is 2.32. The molecule has 0 aliphatic heterocycles. The van der Waals surface area contributed by atoms with Gasteiger partial charge in [0.05, 0.1) is 6.10 Å². The number of rotatable bonds is 6. The second kappa shape index (κ2) is 7.24. The Bertz CT molecular complexity index is 400. The molecule has 2 atom stereocenters. The van der Waals surface area contributed by atoms with Gasteiger partial charge >= 0.3 is 0 Å². The second-order valence-electron chi connectivity index (χ2n) is 6.76. The summed E-state index contributed by atoms with van der Waals surface area (Å²) in [5, 5.41) is 3.62. The fourth-order valence-electron chi connectivity index (χ4n) is 3.06. The number of aryl methyl sites for hydroxylation is 2. The SMILES string of the molecule is CCNC(Cc1c(C)cccc1C)C(OC)C(C)(C)C. The van der Waals surface area contributed by atoms with Gasteiger partial charge in [0.15, 0.2) is 0 Å². The van der Waals surface area contributed by atoms with E-state index in [4.69, 9.17) is 4.74 Å². The van der Waals surface area contributed by atoms with E-state index < -0.39 is 0 Å². The van der Waals surface area contributed by atoms with Crippen LogP contribution in [0.25, 0.3) is 0 Å². The standard InChI is InChI=1S/C18H31NO/c1-8-19-16(17(20-7)18(4,5)6)12-15-13(2)10-9-11-14(15)3/h9-11,16-17,19H,8,12H2,1-7H3. The second-order valence-corrected chi connectivity index (χ2v) is 6.76. The van der Waals surface area contributed by atoms with E-state index in [1.54, 1.807) is 0 Å². The molecule has 0 saturated carbocycles. The molecule has 1 rings (SSSR count). The molecule has 2 nitrogen and oxygen atoms in total. The number of nitrogens with one attached hydrogen (secondary N) is 1. The van der Waals surface area contributed by atoms with Crippen LogP contribution in [0.15, 0.2) is 18.2 Å². The molecule has 0 aliphatic carbocycles. The van der Waals surface area contributed by atoms with E-state index in [0.29, 0.717) is 6.04 Å². The molecule has 0 saturated heterocycles. The van der Waals surface area contributed by atoms with Gasteiger partial charge in [0.2, 0.25) is 0 Å². The minimum absolute atomic E-state index is 0.123. The lowest BCUT2D eigenvalue weighted by Gasteiger charge is -2.37. The van der Waals surface area contributed by atoms with Gasteiger partial charge in [0.1, 0.15) is 0 Å². The highest BCUT2D eigenvalue weighted by Crippen LogP contribution is 2.27. The lowest BCUT2D eigenvalue weighted by Crippen LogP contribution is -2.49. The van der Waals surface area contributed by atoms with E-state index in [-0.39, 0.29) is 11.5 Å². The molecule has 0 aromatic heterocycles. The molecule has 0 fully saturated rings. The summed E-state index contributed by atoms with van der Waals surface area (Å²) in [6, 6.07) is 6.87. The molecular weight excluding hydrogens is 246 g/mol. The van der Waals surface area contributed by atoms with E-state index in [9.17, 15) is 0 Å². The molecule has 114 valence electrons. The molecule has 2 heteroatoms. The van der Waals surface area contributed by atoms with E-state index in [1.807, 2.05) is 7.11 Å². The number of hydrogen-bond donors (Lipinski definition) is 1. The van der Waals surface area contributed by atoms with Crippen LogP contribution in [-0.2, 0) is 11.2 Å². The van der Waals surface area contributed by atoms with Gasteiger partial charge in [-0.25, -0.2) is 0 Å². The average molecular weight is 277 g/mol. The Balaban J connectivity index is 3.03. The Hall–Kier alpha value is -0.860. The van der Waals surface area contributed by atoms with E-state index in [1.165, 1.54) is 16.7 Å². The molecule has 0 radical (unpaired) electrons. The molecule has 0 heterocycles. The van der Waals surface area contributed by atoms with Gasteiger partial charge in [-0.1, -0.05) is 45.9 Å². The third-order valence-electron chi connectivity index (χ3n) is 4.01. The van der Waals surface area contributed by atoms with Crippen molar-refractivity contribution < 1.29 is 4.74 Å². The first kappa shape index (κ1) is 17.2. The zero-order valence-electron chi connectivity index (χ0n) is 14.2. The van der Waals surface area contributed by atoms with Crippen molar-refractivity contribution in [1.29, 1.82) is 0 Å². The number of ether oxygens (including phenoxy) is 1. The molecule has 0 bridgehead atoms. The van der Waals surface area contributed by atoms with Crippen LogP contribution >= 0.6 is 0 Å². The lowest BCUT2D eigenvalue weighted by atomic mass is 9.81. The van der Waals surface area contributed by atoms with Crippen molar-refractivity contribution in [3.8, 4) is 0 Å². The summed E-state index contributed by atoms with van der Waals surface area (Å²) in [5.74, 6) is 0.